The molecule has 0 bridgehead atoms. The van der Waals surface area contributed by atoms with E-state index < -0.39 is 0 Å². The molecule has 1 unspecified atom stereocenters. The Labute approximate surface area is 121 Å². The molecule has 2 aromatic rings. The van der Waals surface area contributed by atoms with Crippen LogP contribution in [0.25, 0.3) is 21.5 Å². The maximum atomic E-state index is 12.1. The number of fused-ring (bicyclic) bond motifs is 1. The average molecular weight is 285 g/mol. The lowest BCUT2D eigenvalue weighted by Crippen LogP contribution is -2.24. The molecule has 1 amide bonds. The second-order valence-corrected chi connectivity index (χ2v) is 5.10. The van der Waals surface area contributed by atoms with Gasteiger partial charge in [0.05, 0.1) is 0 Å². The van der Waals surface area contributed by atoms with E-state index in [0.29, 0.717) is 25.4 Å². The third-order valence-corrected chi connectivity index (χ3v) is 3.64. The minimum Gasteiger partial charge on any atom is -0.441 e. The first-order valence-corrected chi connectivity index (χ1v) is 6.92. The lowest BCUT2D eigenvalue weighted by Gasteiger charge is -2.16. The SMILES string of the molecule is CCc1nc2cc(N3CC(CN=[N+]=[N-])CC3=O)ccc2o1. The summed E-state index contributed by atoms with van der Waals surface area (Å²) in [6.07, 6.45) is 1.15. The Morgan fingerprint density at radius 3 is 3.19 bits per heavy atom. The first-order valence-electron chi connectivity index (χ1n) is 6.92. The van der Waals surface area contributed by atoms with Gasteiger partial charge in [-0.05, 0) is 29.6 Å². The van der Waals surface area contributed by atoms with Crippen LogP contribution in [0.3, 0.4) is 0 Å². The van der Waals surface area contributed by atoms with Gasteiger partial charge in [0.2, 0.25) is 5.91 Å². The Bertz CT molecular complexity index is 732. The molecule has 0 N–H and O–H groups in total. The number of oxazole rings is 1. The fourth-order valence-electron chi connectivity index (χ4n) is 2.59. The van der Waals surface area contributed by atoms with Gasteiger partial charge in [0, 0.05) is 36.5 Å². The standard InChI is InChI=1S/C14H15N5O2/c1-2-13-17-11-6-10(3-4-12(11)21-13)19-8-9(5-14(19)20)7-16-18-15/h3-4,6,9H,2,5,7-8H2,1H3. The fourth-order valence-corrected chi connectivity index (χ4v) is 2.59. The Kier molecular flexibility index (Phi) is 3.50. The molecule has 1 aliphatic heterocycles. The highest BCUT2D eigenvalue weighted by Crippen LogP contribution is 2.28. The molecule has 1 aromatic heterocycles. The average Bonchev–Trinajstić information content (AvgIpc) is 3.07. The molecule has 0 aliphatic carbocycles. The highest BCUT2D eigenvalue weighted by Gasteiger charge is 2.30. The van der Waals surface area contributed by atoms with Gasteiger partial charge in [-0.3, -0.25) is 4.79 Å². The predicted octanol–water partition coefficient (Wildman–Crippen LogP) is 3.05. The summed E-state index contributed by atoms with van der Waals surface area (Å²) in [7, 11) is 0. The van der Waals surface area contributed by atoms with Crippen LogP contribution < -0.4 is 4.90 Å². The van der Waals surface area contributed by atoms with E-state index >= 15 is 0 Å². The summed E-state index contributed by atoms with van der Waals surface area (Å²) in [5, 5.41) is 3.56. The third kappa shape index (κ3) is 2.55. The van der Waals surface area contributed by atoms with Gasteiger partial charge in [0.15, 0.2) is 11.5 Å². The summed E-state index contributed by atoms with van der Waals surface area (Å²) in [5.41, 5.74) is 10.7. The smallest absolute Gasteiger partial charge is 0.227 e. The number of carbonyl (C=O) groups is 1. The Hall–Kier alpha value is -2.53. The van der Waals surface area contributed by atoms with Crippen molar-refractivity contribution >= 4 is 22.7 Å². The van der Waals surface area contributed by atoms with Gasteiger partial charge in [-0.15, -0.1) is 0 Å². The number of carbonyl (C=O) groups excluding carboxylic acids is 1. The molecule has 2 heterocycles. The van der Waals surface area contributed by atoms with Crippen LogP contribution in [0.2, 0.25) is 0 Å². The maximum Gasteiger partial charge on any atom is 0.227 e. The highest BCUT2D eigenvalue weighted by atomic mass is 16.3. The molecule has 0 spiro atoms. The number of azide groups is 1. The summed E-state index contributed by atoms with van der Waals surface area (Å²) in [6.45, 7) is 2.91. The van der Waals surface area contributed by atoms with Crippen molar-refractivity contribution in [3.8, 4) is 0 Å². The number of hydrogen-bond donors (Lipinski definition) is 0. The van der Waals surface area contributed by atoms with Crippen LogP contribution in [0.1, 0.15) is 19.2 Å². The third-order valence-electron chi connectivity index (χ3n) is 3.64. The van der Waals surface area contributed by atoms with E-state index in [2.05, 4.69) is 15.0 Å². The summed E-state index contributed by atoms with van der Waals surface area (Å²) in [6, 6.07) is 5.57. The van der Waals surface area contributed by atoms with Gasteiger partial charge in [-0.2, -0.15) is 0 Å². The first-order chi connectivity index (χ1) is 10.2. The molecule has 21 heavy (non-hydrogen) atoms. The van der Waals surface area contributed by atoms with Crippen LogP contribution in [0.15, 0.2) is 27.7 Å². The molecule has 0 radical (unpaired) electrons. The monoisotopic (exact) mass is 285 g/mol. The van der Waals surface area contributed by atoms with E-state index in [1.165, 1.54) is 0 Å². The molecule has 7 heteroatoms. The Morgan fingerprint density at radius 2 is 2.43 bits per heavy atom. The van der Waals surface area contributed by atoms with Gasteiger partial charge in [-0.25, -0.2) is 4.98 Å². The Balaban J connectivity index is 1.86. The highest BCUT2D eigenvalue weighted by molar-refractivity contribution is 5.97. The number of amides is 1. The fraction of sp³-hybridized carbons (Fsp3) is 0.429. The lowest BCUT2D eigenvalue weighted by molar-refractivity contribution is -0.117. The van der Waals surface area contributed by atoms with Crippen molar-refractivity contribution in [2.75, 3.05) is 18.0 Å². The van der Waals surface area contributed by atoms with E-state index in [4.69, 9.17) is 9.95 Å². The molecule has 1 atom stereocenters. The molecule has 0 saturated carbocycles. The second kappa shape index (κ2) is 5.46. The topological polar surface area (TPSA) is 95.1 Å². The number of anilines is 1. The van der Waals surface area contributed by atoms with Crippen LogP contribution in [-0.4, -0.2) is 24.0 Å². The number of benzene rings is 1. The number of nitrogens with zero attached hydrogens (tertiary/aromatic N) is 5. The number of aryl methyl sites for hydroxylation is 1. The van der Waals surface area contributed by atoms with Gasteiger partial charge < -0.3 is 9.32 Å². The van der Waals surface area contributed by atoms with Gasteiger partial charge in [-0.1, -0.05) is 12.0 Å². The number of hydrogen-bond acceptors (Lipinski definition) is 4. The molecule has 7 nitrogen and oxygen atoms in total. The normalized spacial score (nSPS) is 18.2. The number of aromatic nitrogens is 1. The van der Waals surface area contributed by atoms with E-state index in [9.17, 15) is 4.79 Å². The van der Waals surface area contributed by atoms with Crippen LogP contribution in [0.4, 0.5) is 5.69 Å². The minimum absolute atomic E-state index is 0.0479. The van der Waals surface area contributed by atoms with Crippen molar-refractivity contribution in [1.29, 1.82) is 0 Å². The predicted molar refractivity (Wildman–Crippen MR) is 77.9 cm³/mol. The van der Waals surface area contributed by atoms with Crippen molar-refractivity contribution < 1.29 is 9.21 Å². The zero-order chi connectivity index (χ0) is 14.8. The summed E-state index contributed by atoms with van der Waals surface area (Å²) in [4.78, 5) is 20.9. The molecule has 1 saturated heterocycles. The molecule has 108 valence electrons. The van der Waals surface area contributed by atoms with Crippen LogP contribution in [0.5, 0.6) is 0 Å². The molecule has 3 rings (SSSR count). The van der Waals surface area contributed by atoms with Crippen LogP contribution >= 0.6 is 0 Å². The number of rotatable bonds is 4. The summed E-state index contributed by atoms with van der Waals surface area (Å²) in [5.74, 6) is 0.815. The molecule has 1 aliphatic rings. The largest absolute Gasteiger partial charge is 0.441 e. The van der Waals surface area contributed by atoms with Crippen molar-refractivity contribution in [1.82, 2.24) is 4.98 Å². The zero-order valence-electron chi connectivity index (χ0n) is 11.7. The minimum atomic E-state index is 0.0479. The van der Waals surface area contributed by atoms with Crippen molar-refractivity contribution in [2.45, 2.75) is 19.8 Å². The van der Waals surface area contributed by atoms with Gasteiger partial charge in [0.1, 0.15) is 5.52 Å². The summed E-state index contributed by atoms with van der Waals surface area (Å²) >= 11 is 0. The van der Waals surface area contributed by atoms with E-state index in [1.54, 1.807) is 4.90 Å². The molecule has 1 fully saturated rings. The van der Waals surface area contributed by atoms with E-state index in [-0.39, 0.29) is 11.8 Å². The van der Waals surface area contributed by atoms with Crippen molar-refractivity contribution in [2.24, 2.45) is 11.0 Å². The quantitative estimate of drug-likeness (QED) is 0.490. The van der Waals surface area contributed by atoms with Gasteiger partial charge >= 0.3 is 0 Å². The maximum absolute atomic E-state index is 12.1. The molecule has 1 aromatic carbocycles. The van der Waals surface area contributed by atoms with Crippen molar-refractivity contribution in [3.05, 3.63) is 34.5 Å². The first kappa shape index (κ1) is 13.5. The van der Waals surface area contributed by atoms with Crippen molar-refractivity contribution in [3.63, 3.8) is 0 Å². The van der Waals surface area contributed by atoms with Crippen LogP contribution in [-0.2, 0) is 11.2 Å². The molecular formula is C14H15N5O2. The Morgan fingerprint density at radius 1 is 1.57 bits per heavy atom. The van der Waals surface area contributed by atoms with Crippen LogP contribution in [0, 0.1) is 5.92 Å². The van der Waals surface area contributed by atoms with Gasteiger partial charge in [0.25, 0.3) is 0 Å². The second-order valence-electron chi connectivity index (χ2n) is 5.10. The molecular weight excluding hydrogens is 270 g/mol. The van der Waals surface area contributed by atoms with E-state index in [1.807, 2.05) is 25.1 Å². The zero-order valence-corrected chi connectivity index (χ0v) is 11.7. The van der Waals surface area contributed by atoms with E-state index in [0.717, 1.165) is 23.2 Å². The lowest BCUT2D eigenvalue weighted by atomic mass is 10.1. The summed E-state index contributed by atoms with van der Waals surface area (Å²) < 4.78 is 5.57.